The van der Waals surface area contributed by atoms with Crippen LogP contribution in [0.1, 0.15) is 30.3 Å². The Hall–Kier alpha value is -1.89. The summed E-state index contributed by atoms with van der Waals surface area (Å²) in [5.41, 5.74) is 2.99. The van der Waals surface area contributed by atoms with E-state index in [-0.39, 0.29) is 11.9 Å². The molecule has 0 bridgehead atoms. The van der Waals surface area contributed by atoms with Crippen molar-refractivity contribution in [3.8, 4) is 0 Å². The molecule has 6 nitrogen and oxygen atoms in total. The highest BCUT2D eigenvalue weighted by Gasteiger charge is 2.12. The molecule has 0 unspecified atom stereocenters. The predicted octanol–water partition coefficient (Wildman–Crippen LogP) is 2.15. The SMILES string of the molecule is CSc1nc(C)c(CCC(=O)N[C@H](C)Cn2ccnc2)c(C)n1. The summed E-state index contributed by atoms with van der Waals surface area (Å²) in [5, 5.41) is 3.80. The van der Waals surface area contributed by atoms with Gasteiger partial charge in [-0.2, -0.15) is 0 Å². The molecule has 0 aliphatic heterocycles. The number of amides is 1. The first-order valence-electron chi connectivity index (χ1n) is 7.62. The van der Waals surface area contributed by atoms with E-state index in [0.29, 0.717) is 12.8 Å². The zero-order chi connectivity index (χ0) is 16.8. The molecule has 0 radical (unpaired) electrons. The second kappa shape index (κ2) is 8.10. The molecule has 2 heterocycles. The smallest absolute Gasteiger partial charge is 0.220 e. The van der Waals surface area contributed by atoms with Gasteiger partial charge in [0, 0.05) is 42.8 Å². The van der Waals surface area contributed by atoms with Crippen LogP contribution < -0.4 is 5.32 Å². The van der Waals surface area contributed by atoms with E-state index in [0.717, 1.165) is 28.7 Å². The van der Waals surface area contributed by atoms with Gasteiger partial charge in [0.05, 0.1) is 6.33 Å². The molecule has 0 fully saturated rings. The molecule has 0 spiro atoms. The standard InChI is InChI=1S/C16H23N5OS/c1-11(9-21-8-7-17-10-21)18-15(22)6-5-14-12(2)19-16(23-4)20-13(14)3/h7-8,10-11H,5-6,9H2,1-4H3,(H,18,22)/t11-/m1/s1. The number of thioether (sulfide) groups is 1. The van der Waals surface area contributed by atoms with Gasteiger partial charge in [0.15, 0.2) is 5.16 Å². The maximum Gasteiger partial charge on any atom is 0.220 e. The highest BCUT2D eigenvalue weighted by atomic mass is 32.2. The lowest BCUT2D eigenvalue weighted by molar-refractivity contribution is -0.121. The Labute approximate surface area is 141 Å². The van der Waals surface area contributed by atoms with Crippen molar-refractivity contribution in [1.29, 1.82) is 0 Å². The van der Waals surface area contributed by atoms with E-state index in [1.54, 1.807) is 12.5 Å². The molecular weight excluding hydrogens is 310 g/mol. The Bertz CT molecular complexity index is 633. The second-order valence-electron chi connectivity index (χ2n) is 5.59. The van der Waals surface area contributed by atoms with Crippen LogP contribution in [0.25, 0.3) is 0 Å². The van der Waals surface area contributed by atoms with Crippen LogP contribution in [0.2, 0.25) is 0 Å². The average Bonchev–Trinajstić information content (AvgIpc) is 2.98. The maximum absolute atomic E-state index is 12.1. The number of nitrogens with one attached hydrogen (secondary N) is 1. The van der Waals surface area contributed by atoms with Crippen molar-refractivity contribution in [2.24, 2.45) is 0 Å². The molecule has 0 saturated carbocycles. The monoisotopic (exact) mass is 333 g/mol. The minimum Gasteiger partial charge on any atom is -0.352 e. The summed E-state index contributed by atoms with van der Waals surface area (Å²) in [5.74, 6) is 0.0466. The van der Waals surface area contributed by atoms with Crippen LogP contribution in [0.5, 0.6) is 0 Å². The van der Waals surface area contributed by atoms with Crippen molar-refractivity contribution >= 4 is 17.7 Å². The van der Waals surface area contributed by atoms with E-state index in [9.17, 15) is 4.79 Å². The van der Waals surface area contributed by atoms with Gasteiger partial charge in [-0.1, -0.05) is 11.8 Å². The summed E-state index contributed by atoms with van der Waals surface area (Å²) < 4.78 is 1.95. The quantitative estimate of drug-likeness (QED) is 0.621. The number of hydrogen-bond acceptors (Lipinski definition) is 5. The number of carbonyl (C=O) groups is 1. The summed E-state index contributed by atoms with van der Waals surface area (Å²) in [6.45, 7) is 6.66. The van der Waals surface area contributed by atoms with Gasteiger partial charge in [-0.25, -0.2) is 15.0 Å². The zero-order valence-electron chi connectivity index (χ0n) is 14.0. The van der Waals surface area contributed by atoms with E-state index in [1.807, 2.05) is 37.8 Å². The third kappa shape index (κ3) is 5.06. The van der Waals surface area contributed by atoms with Crippen molar-refractivity contribution in [2.75, 3.05) is 6.26 Å². The number of rotatable bonds is 7. The van der Waals surface area contributed by atoms with Gasteiger partial charge >= 0.3 is 0 Å². The molecule has 0 aromatic carbocycles. The van der Waals surface area contributed by atoms with E-state index < -0.39 is 0 Å². The van der Waals surface area contributed by atoms with E-state index in [4.69, 9.17) is 0 Å². The van der Waals surface area contributed by atoms with Crippen LogP contribution in [0.3, 0.4) is 0 Å². The summed E-state index contributed by atoms with van der Waals surface area (Å²) >= 11 is 1.53. The number of nitrogens with zero attached hydrogens (tertiary/aromatic N) is 4. The molecule has 23 heavy (non-hydrogen) atoms. The fraction of sp³-hybridized carbons (Fsp3) is 0.500. The summed E-state index contributed by atoms with van der Waals surface area (Å²) in [6, 6.07) is 0.0639. The fourth-order valence-corrected chi connectivity index (χ4v) is 2.96. The molecule has 1 N–H and O–H groups in total. The molecule has 0 saturated heterocycles. The van der Waals surface area contributed by atoms with Gasteiger partial charge in [-0.15, -0.1) is 0 Å². The molecular formula is C16H23N5OS. The van der Waals surface area contributed by atoms with Gasteiger partial charge in [0.1, 0.15) is 0 Å². The number of carbonyl (C=O) groups excluding carboxylic acids is 1. The first kappa shape index (κ1) is 17.5. The van der Waals surface area contributed by atoms with E-state index in [1.165, 1.54) is 11.8 Å². The van der Waals surface area contributed by atoms with Crippen LogP contribution in [0.15, 0.2) is 23.9 Å². The normalized spacial score (nSPS) is 12.2. The third-order valence-corrected chi connectivity index (χ3v) is 4.18. The van der Waals surface area contributed by atoms with Crippen molar-refractivity contribution in [3.05, 3.63) is 35.7 Å². The minimum absolute atomic E-state index is 0.0466. The van der Waals surface area contributed by atoms with Gasteiger partial charge in [0.25, 0.3) is 0 Å². The van der Waals surface area contributed by atoms with E-state index in [2.05, 4.69) is 20.3 Å². The fourth-order valence-electron chi connectivity index (χ4n) is 2.50. The lowest BCUT2D eigenvalue weighted by Gasteiger charge is -2.15. The molecule has 0 aliphatic carbocycles. The van der Waals surface area contributed by atoms with E-state index >= 15 is 0 Å². The number of hydrogen-bond donors (Lipinski definition) is 1. The Morgan fingerprint density at radius 1 is 1.35 bits per heavy atom. The Balaban J connectivity index is 1.87. The number of aryl methyl sites for hydroxylation is 2. The van der Waals surface area contributed by atoms with Gasteiger partial charge in [0.2, 0.25) is 5.91 Å². The second-order valence-corrected chi connectivity index (χ2v) is 6.36. The van der Waals surface area contributed by atoms with Crippen LogP contribution >= 0.6 is 11.8 Å². The van der Waals surface area contributed by atoms with Crippen molar-refractivity contribution in [3.63, 3.8) is 0 Å². The number of imidazole rings is 1. The Morgan fingerprint density at radius 3 is 2.61 bits per heavy atom. The maximum atomic E-state index is 12.1. The van der Waals surface area contributed by atoms with Gasteiger partial charge < -0.3 is 9.88 Å². The van der Waals surface area contributed by atoms with Crippen LogP contribution in [-0.4, -0.2) is 37.7 Å². The van der Waals surface area contributed by atoms with Gasteiger partial charge in [-0.05, 0) is 39.0 Å². The third-order valence-electron chi connectivity index (χ3n) is 3.64. The molecule has 2 aromatic rings. The Morgan fingerprint density at radius 2 is 2.04 bits per heavy atom. The van der Waals surface area contributed by atoms with Crippen molar-refractivity contribution in [1.82, 2.24) is 24.8 Å². The van der Waals surface area contributed by atoms with Gasteiger partial charge in [-0.3, -0.25) is 4.79 Å². The highest BCUT2D eigenvalue weighted by Crippen LogP contribution is 2.17. The molecule has 1 amide bonds. The lowest BCUT2D eigenvalue weighted by atomic mass is 10.1. The summed E-state index contributed by atoms with van der Waals surface area (Å²) in [7, 11) is 0. The molecule has 0 aliphatic rings. The predicted molar refractivity (Wildman–Crippen MR) is 91.4 cm³/mol. The topological polar surface area (TPSA) is 72.7 Å². The molecule has 2 aromatic heterocycles. The Kier molecular flexibility index (Phi) is 6.15. The number of aromatic nitrogens is 4. The highest BCUT2D eigenvalue weighted by molar-refractivity contribution is 7.98. The first-order chi connectivity index (χ1) is 11.0. The summed E-state index contributed by atoms with van der Waals surface area (Å²) in [6.07, 6.45) is 8.44. The first-order valence-corrected chi connectivity index (χ1v) is 8.85. The van der Waals surface area contributed by atoms with Crippen molar-refractivity contribution < 1.29 is 4.79 Å². The zero-order valence-corrected chi connectivity index (χ0v) is 14.9. The van der Waals surface area contributed by atoms with Crippen LogP contribution in [0.4, 0.5) is 0 Å². The molecule has 1 atom stereocenters. The summed E-state index contributed by atoms with van der Waals surface area (Å²) in [4.78, 5) is 25.0. The largest absolute Gasteiger partial charge is 0.352 e. The van der Waals surface area contributed by atoms with Crippen LogP contribution in [-0.2, 0) is 17.8 Å². The molecule has 2 rings (SSSR count). The average molecular weight is 333 g/mol. The molecule has 124 valence electrons. The lowest BCUT2D eigenvalue weighted by Crippen LogP contribution is -2.35. The van der Waals surface area contributed by atoms with Crippen LogP contribution in [0, 0.1) is 13.8 Å². The van der Waals surface area contributed by atoms with Crippen molar-refractivity contribution in [2.45, 2.75) is 51.4 Å². The molecule has 7 heteroatoms. The minimum atomic E-state index is 0.0466.